The van der Waals surface area contributed by atoms with Crippen LogP contribution in [0.2, 0.25) is 0 Å². The predicted octanol–water partition coefficient (Wildman–Crippen LogP) is 3.31. The molecule has 146 valence electrons. The van der Waals surface area contributed by atoms with Gasteiger partial charge in [0.05, 0.1) is 11.0 Å². The third-order valence-corrected chi connectivity index (χ3v) is 4.94. The average Bonchev–Trinajstić information content (AvgIpc) is 3.29. The molecule has 28 heavy (non-hydrogen) atoms. The van der Waals surface area contributed by atoms with Gasteiger partial charge in [-0.1, -0.05) is 18.2 Å². The molecular formula is C21H24N4O3. The van der Waals surface area contributed by atoms with Crippen molar-refractivity contribution in [2.24, 2.45) is 0 Å². The SMILES string of the molecule is CCN(Cc1ccc2c(c1)OCO2)C(=O)NCCn1c(C)nc2ccccc21. The summed E-state index contributed by atoms with van der Waals surface area (Å²) < 4.78 is 12.9. The monoisotopic (exact) mass is 380 g/mol. The van der Waals surface area contributed by atoms with Gasteiger partial charge in [0, 0.05) is 26.2 Å². The molecule has 0 atom stereocenters. The highest BCUT2D eigenvalue weighted by molar-refractivity contribution is 5.76. The Hall–Kier alpha value is -3.22. The van der Waals surface area contributed by atoms with Crippen molar-refractivity contribution in [3.05, 3.63) is 53.9 Å². The number of benzene rings is 2. The smallest absolute Gasteiger partial charge is 0.317 e. The number of aromatic nitrogens is 2. The molecule has 0 aliphatic carbocycles. The third kappa shape index (κ3) is 3.60. The second kappa shape index (κ2) is 7.80. The molecule has 0 saturated carbocycles. The molecule has 3 aromatic rings. The molecule has 2 amide bonds. The Morgan fingerprint density at radius 1 is 1.21 bits per heavy atom. The Bertz CT molecular complexity index is 998. The molecule has 4 rings (SSSR count). The van der Waals surface area contributed by atoms with Gasteiger partial charge >= 0.3 is 6.03 Å². The first-order valence-corrected chi connectivity index (χ1v) is 9.49. The Labute approximate surface area is 163 Å². The van der Waals surface area contributed by atoms with Crippen LogP contribution in [0.25, 0.3) is 11.0 Å². The van der Waals surface area contributed by atoms with Gasteiger partial charge in [0.15, 0.2) is 11.5 Å². The van der Waals surface area contributed by atoms with E-state index in [9.17, 15) is 4.79 Å². The maximum atomic E-state index is 12.6. The van der Waals surface area contributed by atoms with Gasteiger partial charge in [-0.3, -0.25) is 0 Å². The van der Waals surface area contributed by atoms with Crippen LogP contribution in [0.3, 0.4) is 0 Å². The lowest BCUT2D eigenvalue weighted by Gasteiger charge is -2.22. The van der Waals surface area contributed by atoms with Crippen LogP contribution >= 0.6 is 0 Å². The number of imidazole rings is 1. The van der Waals surface area contributed by atoms with Gasteiger partial charge in [0.25, 0.3) is 0 Å². The zero-order valence-electron chi connectivity index (χ0n) is 16.1. The number of nitrogens with one attached hydrogen (secondary N) is 1. The summed E-state index contributed by atoms with van der Waals surface area (Å²) in [6.45, 7) is 6.57. The number of carbonyl (C=O) groups excluding carboxylic acids is 1. The van der Waals surface area contributed by atoms with Gasteiger partial charge < -0.3 is 24.3 Å². The van der Waals surface area contributed by atoms with E-state index in [1.807, 2.05) is 50.2 Å². The minimum Gasteiger partial charge on any atom is -0.454 e. The summed E-state index contributed by atoms with van der Waals surface area (Å²) in [6.07, 6.45) is 0. The number of carbonyl (C=O) groups is 1. The fourth-order valence-corrected chi connectivity index (χ4v) is 3.45. The standard InChI is InChI=1S/C21H24N4O3/c1-3-24(13-16-8-9-19-20(12-16)28-14-27-19)21(26)22-10-11-25-15(2)23-17-6-4-5-7-18(17)25/h4-9,12H,3,10-11,13-14H2,1-2H3,(H,22,26). The number of hydrogen-bond donors (Lipinski definition) is 1. The highest BCUT2D eigenvalue weighted by atomic mass is 16.7. The molecule has 1 aliphatic rings. The summed E-state index contributed by atoms with van der Waals surface area (Å²) in [5.74, 6) is 2.43. The van der Waals surface area contributed by atoms with Crippen molar-refractivity contribution >= 4 is 17.1 Å². The number of hydrogen-bond acceptors (Lipinski definition) is 4. The third-order valence-electron chi connectivity index (χ3n) is 4.94. The van der Waals surface area contributed by atoms with E-state index in [1.165, 1.54) is 0 Å². The number of amides is 2. The summed E-state index contributed by atoms with van der Waals surface area (Å²) in [6, 6.07) is 13.7. The van der Waals surface area contributed by atoms with Gasteiger partial charge in [0.2, 0.25) is 6.79 Å². The predicted molar refractivity (Wildman–Crippen MR) is 107 cm³/mol. The van der Waals surface area contributed by atoms with E-state index in [2.05, 4.69) is 20.9 Å². The first-order chi connectivity index (χ1) is 13.7. The van der Waals surface area contributed by atoms with Crippen LogP contribution in [-0.4, -0.2) is 40.4 Å². The Kier molecular flexibility index (Phi) is 5.06. The summed E-state index contributed by atoms with van der Waals surface area (Å²) in [4.78, 5) is 19.0. The van der Waals surface area contributed by atoms with Crippen molar-refractivity contribution in [2.75, 3.05) is 19.9 Å². The molecule has 0 fully saturated rings. The van der Waals surface area contributed by atoms with E-state index < -0.39 is 0 Å². The lowest BCUT2D eigenvalue weighted by Crippen LogP contribution is -2.40. The number of rotatable bonds is 6. The molecule has 0 radical (unpaired) electrons. The molecule has 7 nitrogen and oxygen atoms in total. The molecule has 0 spiro atoms. The lowest BCUT2D eigenvalue weighted by molar-refractivity contribution is 0.173. The van der Waals surface area contributed by atoms with E-state index in [1.54, 1.807) is 4.90 Å². The van der Waals surface area contributed by atoms with Crippen LogP contribution in [-0.2, 0) is 13.1 Å². The molecule has 2 heterocycles. The van der Waals surface area contributed by atoms with Crippen LogP contribution in [0.4, 0.5) is 4.79 Å². The van der Waals surface area contributed by atoms with Crippen molar-refractivity contribution in [1.29, 1.82) is 0 Å². The molecular weight excluding hydrogens is 356 g/mol. The minimum absolute atomic E-state index is 0.0813. The maximum absolute atomic E-state index is 12.6. The lowest BCUT2D eigenvalue weighted by atomic mass is 10.2. The summed E-state index contributed by atoms with van der Waals surface area (Å²) in [5, 5.41) is 3.02. The van der Waals surface area contributed by atoms with Gasteiger partial charge in [-0.25, -0.2) is 9.78 Å². The molecule has 0 bridgehead atoms. The van der Waals surface area contributed by atoms with E-state index in [0.29, 0.717) is 26.2 Å². The van der Waals surface area contributed by atoms with Crippen LogP contribution in [0, 0.1) is 6.92 Å². The number of ether oxygens (including phenoxy) is 2. The van der Waals surface area contributed by atoms with E-state index in [-0.39, 0.29) is 12.8 Å². The van der Waals surface area contributed by atoms with E-state index >= 15 is 0 Å². The van der Waals surface area contributed by atoms with Gasteiger partial charge in [-0.15, -0.1) is 0 Å². The first-order valence-electron chi connectivity index (χ1n) is 9.49. The highest BCUT2D eigenvalue weighted by Gasteiger charge is 2.16. The molecule has 0 unspecified atom stereocenters. The molecule has 1 aliphatic heterocycles. The highest BCUT2D eigenvalue weighted by Crippen LogP contribution is 2.32. The second-order valence-electron chi connectivity index (χ2n) is 6.73. The molecule has 1 aromatic heterocycles. The zero-order valence-corrected chi connectivity index (χ0v) is 16.1. The van der Waals surface area contributed by atoms with Crippen LogP contribution in [0.1, 0.15) is 18.3 Å². The Morgan fingerprint density at radius 2 is 2.04 bits per heavy atom. The Morgan fingerprint density at radius 3 is 2.89 bits per heavy atom. The summed E-state index contributed by atoms with van der Waals surface area (Å²) >= 11 is 0. The maximum Gasteiger partial charge on any atom is 0.317 e. The molecule has 1 N–H and O–H groups in total. The fourth-order valence-electron chi connectivity index (χ4n) is 3.45. The average molecular weight is 380 g/mol. The Balaban J connectivity index is 1.36. The largest absolute Gasteiger partial charge is 0.454 e. The summed E-state index contributed by atoms with van der Waals surface area (Å²) in [7, 11) is 0. The van der Waals surface area contributed by atoms with Crippen molar-refractivity contribution in [2.45, 2.75) is 26.9 Å². The van der Waals surface area contributed by atoms with Crippen molar-refractivity contribution in [3.63, 3.8) is 0 Å². The number of urea groups is 1. The van der Waals surface area contributed by atoms with Crippen molar-refractivity contribution < 1.29 is 14.3 Å². The van der Waals surface area contributed by atoms with Crippen LogP contribution in [0.5, 0.6) is 11.5 Å². The molecule has 7 heteroatoms. The quantitative estimate of drug-likeness (QED) is 0.712. The molecule has 0 saturated heterocycles. The second-order valence-corrected chi connectivity index (χ2v) is 6.73. The van der Waals surface area contributed by atoms with Gasteiger partial charge in [0.1, 0.15) is 5.82 Å². The number of fused-ring (bicyclic) bond motifs is 2. The van der Waals surface area contributed by atoms with Gasteiger partial charge in [-0.05, 0) is 43.7 Å². The number of nitrogens with zero attached hydrogens (tertiary/aromatic N) is 3. The molecule has 2 aromatic carbocycles. The van der Waals surface area contributed by atoms with Crippen molar-refractivity contribution in [3.8, 4) is 11.5 Å². The van der Waals surface area contributed by atoms with Gasteiger partial charge in [-0.2, -0.15) is 0 Å². The summed E-state index contributed by atoms with van der Waals surface area (Å²) in [5.41, 5.74) is 3.07. The number of aryl methyl sites for hydroxylation is 1. The first kappa shape index (κ1) is 18.2. The fraction of sp³-hybridized carbons (Fsp3) is 0.333. The minimum atomic E-state index is -0.0813. The van der Waals surface area contributed by atoms with Crippen LogP contribution in [0.15, 0.2) is 42.5 Å². The van der Waals surface area contributed by atoms with Crippen molar-refractivity contribution in [1.82, 2.24) is 19.8 Å². The van der Waals surface area contributed by atoms with E-state index in [0.717, 1.165) is 33.9 Å². The number of para-hydroxylation sites is 2. The van der Waals surface area contributed by atoms with Crippen LogP contribution < -0.4 is 14.8 Å². The zero-order chi connectivity index (χ0) is 19.5. The normalized spacial score (nSPS) is 12.4. The topological polar surface area (TPSA) is 68.6 Å². The van der Waals surface area contributed by atoms with E-state index in [4.69, 9.17) is 9.47 Å².